The van der Waals surface area contributed by atoms with Crippen LogP contribution in [-0.2, 0) is 5.60 Å². The minimum atomic E-state index is -0.866. The number of aliphatic hydroxyl groups is 1. The maximum absolute atomic E-state index is 11.5. The SMILES string of the molecule is CC(C)(O)c1ccc(C(=O)CCN)cc1. The fourth-order valence-electron chi connectivity index (χ4n) is 1.34. The Morgan fingerprint density at radius 1 is 1.33 bits per heavy atom. The Bertz CT molecular complexity index is 336. The molecule has 0 aliphatic carbocycles. The molecule has 0 spiro atoms. The molecule has 0 bridgehead atoms. The highest BCUT2D eigenvalue weighted by molar-refractivity contribution is 5.96. The first-order chi connectivity index (χ1) is 6.95. The van der Waals surface area contributed by atoms with Gasteiger partial charge in [0.25, 0.3) is 0 Å². The molecule has 0 amide bonds. The zero-order valence-corrected chi connectivity index (χ0v) is 9.16. The number of rotatable bonds is 4. The Kier molecular flexibility index (Phi) is 3.61. The third-order valence-corrected chi connectivity index (χ3v) is 2.28. The lowest BCUT2D eigenvalue weighted by Crippen LogP contribution is -2.15. The number of Topliss-reactive ketones (excluding diaryl/α,β-unsaturated/α-hetero) is 1. The first kappa shape index (κ1) is 11.9. The Morgan fingerprint density at radius 3 is 2.27 bits per heavy atom. The lowest BCUT2D eigenvalue weighted by molar-refractivity contribution is 0.0784. The quantitative estimate of drug-likeness (QED) is 0.734. The average molecular weight is 207 g/mol. The Morgan fingerprint density at radius 2 is 1.87 bits per heavy atom. The van der Waals surface area contributed by atoms with Gasteiger partial charge in [0.05, 0.1) is 5.60 Å². The van der Waals surface area contributed by atoms with Gasteiger partial charge in [-0.3, -0.25) is 4.79 Å². The lowest BCUT2D eigenvalue weighted by atomic mass is 9.96. The van der Waals surface area contributed by atoms with Gasteiger partial charge in [-0.15, -0.1) is 0 Å². The molecule has 0 heterocycles. The van der Waals surface area contributed by atoms with E-state index in [4.69, 9.17) is 5.73 Å². The zero-order valence-electron chi connectivity index (χ0n) is 9.16. The summed E-state index contributed by atoms with van der Waals surface area (Å²) in [6.07, 6.45) is 0.363. The normalized spacial score (nSPS) is 11.5. The summed E-state index contributed by atoms with van der Waals surface area (Å²) in [5, 5.41) is 9.72. The van der Waals surface area contributed by atoms with Gasteiger partial charge in [-0.2, -0.15) is 0 Å². The van der Waals surface area contributed by atoms with Gasteiger partial charge in [0.15, 0.2) is 5.78 Å². The minimum Gasteiger partial charge on any atom is -0.386 e. The highest BCUT2D eigenvalue weighted by atomic mass is 16.3. The van der Waals surface area contributed by atoms with E-state index in [0.29, 0.717) is 18.5 Å². The van der Waals surface area contributed by atoms with Crippen molar-refractivity contribution in [3.8, 4) is 0 Å². The van der Waals surface area contributed by atoms with Gasteiger partial charge < -0.3 is 10.8 Å². The number of hydrogen-bond acceptors (Lipinski definition) is 3. The molecule has 0 aliphatic heterocycles. The molecule has 0 aromatic heterocycles. The van der Waals surface area contributed by atoms with Crippen LogP contribution in [0.2, 0.25) is 0 Å². The van der Waals surface area contributed by atoms with Gasteiger partial charge in [-0.1, -0.05) is 24.3 Å². The molecule has 0 aliphatic rings. The van der Waals surface area contributed by atoms with Crippen LogP contribution >= 0.6 is 0 Å². The molecule has 1 rings (SSSR count). The Hall–Kier alpha value is -1.19. The van der Waals surface area contributed by atoms with Crippen molar-refractivity contribution >= 4 is 5.78 Å². The second-order valence-electron chi connectivity index (χ2n) is 4.10. The van der Waals surface area contributed by atoms with Gasteiger partial charge in [0.2, 0.25) is 0 Å². The van der Waals surface area contributed by atoms with Gasteiger partial charge in [-0.25, -0.2) is 0 Å². The molecule has 0 saturated heterocycles. The molecule has 0 radical (unpaired) electrons. The first-order valence-electron chi connectivity index (χ1n) is 5.01. The fourth-order valence-corrected chi connectivity index (χ4v) is 1.34. The van der Waals surface area contributed by atoms with Crippen molar-refractivity contribution in [2.45, 2.75) is 25.9 Å². The molecular weight excluding hydrogens is 190 g/mol. The van der Waals surface area contributed by atoms with E-state index in [0.717, 1.165) is 5.56 Å². The van der Waals surface area contributed by atoms with Gasteiger partial charge in [0, 0.05) is 12.0 Å². The number of ketones is 1. The average Bonchev–Trinajstić information content (AvgIpc) is 2.17. The molecule has 1 aromatic carbocycles. The molecule has 0 fully saturated rings. The van der Waals surface area contributed by atoms with Crippen molar-refractivity contribution in [1.29, 1.82) is 0 Å². The summed E-state index contributed by atoms with van der Waals surface area (Å²) in [6, 6.07) is 6.99. The van der Waals surface area contributed by atoms with Crippen LogP contribution in [-0.4, -0.2) is 17.4 Å². The van der Waals surface area contributed by atoms with Crippen LogP contribution < -0.4 is 5.73 Å². The highest BCUT2D eigenvalue weighted by Gasteiger charge is 2.15. The van der Waals surface area contributed by atoms with Crippen LogP contribution in [0, 0.1) is 0 Å². The third kappa shape index (κ3) is 3.15. The topological polar surface area (TPSA) is 63.3 Å². The lowest BCUT2D eigenvalue weighted by Gasteiger charge is -2.17. The second-order valence-corrected chi connectivity index (χ2v) is 4.10. The van der Waals surface area contributed by atoms with E-state index >= 15 is 0 Å². The molecule has 0 saturated carbocycles. The number of benzene rings is 1. The third-order valence-electron chi connectivity index (χ3n) is 2.28. The van der Waals surface area contributed by atoms with Crippen LogP contribution in [0.1, 0.15) is 36.2 Å². The van der Waals surface area contributed by atoms with Gasteiger partial charge in [0.1, 0.15) is 0 Å². The molecule has 3 nitrogen and oxygen atoms in total. The predicted octanol–water partition coefficient (Wildman–Crippen LogP) is 1.45. The van der Waals surface area contributed by atoms with Crippen LogP contribution in [0.4, 0.5) is 0 Å². The first-order valence-corrected chi connectivity index (χ1v) is 5.01. The fraction of sp³-hybridized carbons (Fsp3) is 0.417. The summed E-state index contributed by atoms with van der Waals surface area (Å²) < 4.78 is 0. The number of carbonyl (C=O) groups excluding carboxylic acids is 1. The van der Waals surface area contributed by atoms with Crippen molar-refractivity contribution in [2.24, 2.45) is 5.73 Å². The number of carbonyl (C=O) groups is 1. The summed E-state index contributed by atoms with van der Waals surface area (Å²) in [6.45, 7) is 3.79. The van der Waals surface area contributed by atoms with E-state index < -0.39 is 5.60 Å². The van der Waals surface area contributed by atoms with E-state index in [1.165, 1.54) is 0 Å². The maximum Gasteiger partial charge on any atom is 0.164 e. The van der Waals surface area contributed by atoms with Crippen molar-refractivity contribution in [2.75, 3.05) is 6.54 Å². The van der Waals surface area contributed by atoms with E-state index in [1.807, 2.05) is 0 Å². The largest absolute Gasteiger partial charge is 0.386 e. The summed E-state index contributed by atoms with van der Waals surface area (Å²) in [7, 11) is 0. The summed E-state index contributed by atoms with van der Waals surface area (Å²) in [5.41, 5.74) is 5.88. The highest BCUT2D eigenvalue weighted by Crippen LogP contribution is 2.19. The maximum atomic E-state index is 11.5. The summed E-state index contributed by atoms with van der Waals surface area (Å²) in [4.78, 5) is 11.5. The molecule has 3 N–H and O–H groups in total. The van der Waals surface area contributed by atoms with Crippen molar-refractivity contribution in [1.82, 2.24) is 0 Å². The van der Waals surface area contributed by atoms with Crippen molar-refractivity contribution in [3.63, 3.8) is 0 Å². The Labute approximate surface area is 89.9 Å². The van der Waals surface area contributed by atoms with Crippen LogP contribution in [0.5, 0.6) is 0 Å². The Balaban J connectivity index is 2.86. The van der Waals surface area contributed by atoms with Gasteiger partial charge >= 0.3 is 0 Å². The standard InChI is InChI=1S/C12H17NO2/c1-12(2,15)10-5-3-9(4-6-10)11(14)7-8-13/h3-6,15H,7-8,13H2,1-2H3. The molecule has 0 unspecified atom stereocenters. The molecule has 3 heteroatoms. The van der Waals surface area contributed by atoms with E-state index in [2.05, 4.69) is 0 Å². The van der Waals surface area contributed by atoms with E-state index in [1.54, 1.807) is 38.1 Å². The van der Waals surface area contributed by atoms with Crippen molar-refractivity contribution < 1.29 is 9.90 Å². The molecule has 15 heavy (non-hydrogen) atoms. The van der Waals surface area contributed by atoms with E-state index in [9.17, 15) is 9.90 Å². The molecule has 82 valence electrons. The van der Waals surface area contributed by atoms with Crippen LogP contribution in [0.25, 0.3) is 0 Å². The molecule has 1 aromatic rings. The van der Waals surface area contributed by atoms with Crippen LogP contribution in [0.15, 0.2) is 24.3 Å². The monoisotopic (exact) mass is 207 g/mol. The smallest absolute Gasteiger partial charge is 0.164 e. The van der Waals surface area contributed by atoms with Gasteiger partial charge in [-0.05, 0) is 26.0 Å². The predicted molar refractivity (Wildman–Crippen MR) is 59.7 cm³/mol. The zero-order chi connectivity index (χ0) is 11.5. The minimum absolute atomic E-state index is 0.0415. The van der Waals surface area contributed by atoms with Crippen molar-refractivity contribution in [3.05, 3.63) is 35.4 Å². The number of hydrogen-bond donors (Lipinski definition) is 2. The second kappa shape index (κ2) is 4.55. The summed E-state index contributed by atoms with van der Waals surface area (Å²) in [5.74, 6) is 0.0415. The van der Waals surface area contributed by atoms with Crippen LogP contribution in [0.3, 0.4) is 0 Å². The summed E-state index contributed by atoms with van der Waals surface area (Å²) >= 11 is 0. The molecule has 0 atom stereocenters. The molecular formula is C12H17NO2. The number of nitrogens with two attached hydrogens (primary N) is 1. The van der Waals surface area contributed by atoms with E-state index in [-0.39, 0.29) is 5.78 Å².